The highest BCUT2D eigenvalue weighted by Gasteiger charge is 2.47. The molecule has 0 bridgehead atoms. The molecule has 4 aliphatic rings. The molecule has 148 valence electrons. The average molecular weight is 393 g/mol. The molecule has 1 fully saturated rings. The number of halogens is 1. The number of nitrogens with zero attached hydrogens (tertiary/aromatic N) is 3. The Morgan fingerprint density at radius 3 is 2.59 bits per heavy atom. The van der Waals surface area contributed by atoms with Crippen LogP contribution in [0.15, 0.2) is 57.4 Å². The number of carbonyl (C=O) groups is 2. The second-order valence-corrected chi connectivity index (χ2v) is 8.07. The minimum Gasteiger partial charge on any atom is -0.478 e. The van der Waals surface area contributed by atoms with Crippen LogP contribution in [0.5, 0.6) is 0 Å². The molecule has 2 atom stereocenters. The molecule has 29 heavy (non-hydrogen) atoms. The van der Waals surface area contributed by atoms with Crippen molar-refractivity contribution in [1.82, 2.24) is 4.90 Å². The number of allylic oxidation sites excluding steroid dienone is 2. The van der Waals surface area contributed by atoms with E-state index in [1.54, 1.807) is 11.0 Å². The maximum Gasteiger partial charge on any atom is 0.339 e. The van der Waals surface area contributed by atoms with Crippen LogP contribution in [-0.4, -0.2) is 46.0 Å². The van der Waals surface area contributed by atoms with Crippen LogP contribution in [0, 0.1) is 18.8 Å². The molecule has 2 unspecified atom stereocenters. The summed E-state index contributed by atoms with van der Waals surface area (Å²) in [5, 5.41) is 17.9. The smallest absolute Gasteiger partial charge is 0.339 e. The van der Waals surface area contributed by atoms with Gasteiger partial charge in [0.15, 0.2) is 17.8 Å². The van der Waals surface area contributed by atoms with Crippen LogP contribution in [0.1, 0.15) is 30.4 Å². The first kappa shape index (κ1) is 18.0. The maximum atomic E-state index is 14.9. The molecular formula is C22H20FN3O3. The summed E-state index contributed by atoms with van der Waals surface area (Å²) >= 11 is 0. The Bertz CT molecular complexity index is 1050. The minimum atomic E-state index is -1.48. The summed E-state index contributed by atoms with van der Waals surface area (Å²) < 4.78 is 14.9. The van der Waals surface area contributed by atoms with Gasteiger partial charge in [0.05, 0.1) is 12.3 Å². The number of carbonyl (C=O) groups excluding carboxylic acids is 1. The number of aryl methyl sites for hydroxylation is 1. The fourth-order valence-electron chi connectivity index (χ4n) is 4.37. The van der Waals surface area contributed by atoms with E-state index < -0.39 is 17.9 Å². The Balaban J connectivity index is 1.58. The first-order valence-electron chi connectivity index (χ1n) is 9.80. The quantitative estimate of drug-likeness (QED) is 0.801. The second-order valence-electron chi connectivity index (χ2n) is 8.07. The first-order valence-corrected chi connectivity index (χ1v) is 9.80. The number of fused-ring (bicyclic) bond motifs is 2. The van der Waals surface area contributed by atoms with Crippen molar-refractivity contribution in [2.45, 2.75) is 32.4 Å². The van der Waals surface area contributed by atoms with Crippen LogP contribution in [-0.2, 0) is 9.59 Å². The predicted molar refractivity (Wildman–Crippen MR) is 105 cm³/mol. The minimum absolute atomic E-state index is 0.146. The summed E-state index contributed by atoms with van der Waals surface area (Å²) in [4.78, 5) is 26.2. The standard InChI is InChI=1S/C22H20FN3O3/c1-11-2-4-13(5-3-11)18-10-26-19-14(12-6-7-12)8-16(22(28)29)20(27)15(19)9-17(23)21(26)25-24-18/h2-5,8,12,14,17H,6-7,9-10H2,1H3,(H,28,29). The monoisotopic (exact) mass is 393 g/mol. The predicted octanol–water partition coefficient (Wildman–Crippen LogP) is 3.03. The van der Waals surface area contributed by atoms with Gasteiger partial charge in [-0.3, -0.25) is 4.79 Å². The van der Waals surface area contributed by atoms with E-state index in [1.165, 1.54) is 0 Å². The second kappa shape index (κ2) is 6.47. The van der Waals surface area contributed by atoms with E-state index in [0.29, 0.717) is 12.3 Å². The van der Waals surface area contributed by atoms with Gasteiger partial charge < -0.3 is 10.0 Å². The Labute approximate surface area is 167 Å². The first-order chi connectivity index (χ1) is 13.9. The molecule has 2 heterocycles. The van der Waals surface area contributed by atoms with Gasteiger partial charge >= 0.3 is 5.97 Å². The Morgan fingerprint density at radius 1 is 1.21 bits per heavy atom. The number of carboxylic acid groups (broad SMARTS) is 1. The summed E-state index contributed by atoms with van der Waals surface area (Å²) in [7, 11) is 0. The molecule has 1 saturated carbocycles. The third-order valence-corrected chi connectivity index (χ3v) is 6.05. The number of carboxylic acids is 1. The van der Waals surface area contributed by atoms with Crippen LogP contribution in [0.2, 0.25) is 0 Å². The summed E-state index contributed by atoms with van der Waals surface area (Å²) in [6.45, 7) is 2.31. The zero-order valence-corrected chi connectivity index (χ0v) is 15.9. The third-order valence-electron chi connectivity index (χ3n) is 6.05. The zero-order chi connectivity index (χ0) is 20.3. The van der Waals surface area contributed by atoms with Gasteiger partial charge in [0.1, 0.15) is 5.57 Å². The fraction of sp³-hybridized carbons (Fsp3) is 0.364. The highest BCUT2D eigenvalue weighted by atomic mass is 19.1. The maximum absolute atomic E-state index is 14.9. The van der Waals surface area contributed by atoms with E-state index >= 15 is 0 Å². The number of ketones is 1. The molecule has 1 aromatic carbocycles. The van der Waals surface area contributed by atoms with Crippen molar-refractivity contribution in [3.8, 4) is 0 Å². The van der Waals surface area contributed by atoms with Crippen molar-refractivity contribution in [2.24, 2.45) is 22.0 Å². The number of hydrogen-bond acceptors (Lipinski definition) is 5. The van der Waals surface area contributed by atoms with E-state index in [4.69, 9.17) is 0 Å². The molecule has 1 aromatic rings. The van der Waals surface area contributed by atoms with Gasteiger partial charge in [-0.1, -0.05) is 35.9 Å². The largest absolute Gasteiger partial charge is 0.478 e. The number of benzene rings is 1. The van der Waals surface area contributed by atoms with E-state index in [0.717, 1.165) is 29.7 Å². The van der Waals surface area contributed by atoms with E-state index in [-0.39, 0.29) is 35.2 Å². The SMILES string of the molecule is Cc1ccc(C2=NN=C3C(F)CC4=C(C(C5CC5)C=C(C(=O)O)C4=O)N3C2)cc1. The summed E-state index contributed by atoms with van der Waals surface area (Å²) in [6.07, 6.45) is 1.88. The number of amidine groups is 1. The third kappa shape index (κ3) is 2.92. The highest BCUT2D eigenvalue weighted by molar-refractivity contribution is 6.25. The normalized spacial score (nSPS) is 26.3. The van der Waals surface area contributed by atoms with Crippen LogP contribution >= 0.6 is 0 Å². The number of aliphatic carboxylic acids is 1. The summed E-state index contributed by atoms with van der Waals surface area (Å²) in [6, 6.07) is 7.87. The number of rotatable bonds is 3. The van der Waals surface area contributed by atoms with E-state index in [9.17, 15) is 19.1 Å². The molecule has 0 aromatic heterocycles. The number of Topliss-reactive ketones (excluding diaryl/α,β-unsaturated/α-hetero) is 1. The number of hydrogen-bond donors (Lipinski definition) is 1. The molecule has 2 aliphatic heterocycles. The van der Waals surface area contributed by atoms with Crippen LogP contribution in [0.4, 0.5) is 4.39 Å². The summed E-state index contributed by atoms with van der Waals surface area (Å²) in [5.41, 5.74) is 3.48. The van der Waals surface area contributed by atoms with E-state index in [2.05, 4.69) is 10.2 Å². The zero-order valence-electron chi connectivity index (χ0n) is 15.9. The molecule has 0 saturated heterocycles. The lowest BCUT2D eigenvalue weighted by Gasteiger charge is -2.41. The molecule has 0 radical (unpaired) electrons. The van der Waals surface area contributed by atoms with Gasteiger partial charge in [-0.25, -0.2) is 9.18 Å². The Morgan fingerprint density at radius 2 is 1.93 bits per heavy atom. The van der Waals surface area contributed by atoms with Crippen LogP contribution in [0.3, 0.4) is 0 Å². The van der Waals surface area contributed by atoms with Gasteiger partial charge in [-0.05, 0) is 31.2 Å². The van der Waals surface area contributed by atoms with Crippen molar-refractivity contribution in [2.75, 3.05) is 6.54 Å². The van der Waals surface area contributed by atoms with Crippen molar-refractivity contribution >= 4 is 23.3 Å². The molecule has 6 nitrogen and oxygen atoms in total. The number of alkyl halides is 1. The molecule has 2 aliphatic carbocycles. The van der Waals surface area contributed by atoms with Gasteiger partial charge in [-0.15, -0.1) is 5.10 Å². The molecular weight excluding hydrogens is 373 g/mol. The fourth-order valence-corrected chi connectivity index (χ4v) is 4.37. The molecule has 0 spiro atoms. The van der Waals surface area contributed by atoms with Crippen LogP contribution < -0.4 is 0 Å². The Kier molecular flexibility index (Phi) is 4.01. The highest BCUT2D eigenvalue weighted by Crippen LogP contribution is 2.48. The lowest BCUT2D eigenvalue weighted by atomic mass is 9.79. The van der Waals surface area contributed by atoms with Gasteiger partial charge in [0, 0.05) is 23.6 Å². The Hall–Kier alpha value is -3.09. The topological polar surface area (TPSA) is 82.3 Å². The summed E-state index contributed by atoms with van der Waals surface area (Å²) in [5.74, 6) is -1.54. The van der Waals surface area contributed by atoms with Gasteiger partial charge in [0.25, 0.3) is 0 Å². The molecule has 5 rings (SSSR count). The molecule has 7 heteroatoms. The molecule has 1 N–H and O–H groups in total. The van der Waals surface area contributed by atoms with Crippen molar-refractivity contribution in [3.63, 3.8) is 0 Å². The lowest BCUT2D eigenvalue weighted by molar-refractivity contribution is -0.134. The van der Waals surface area contributed by atoms with Gasteiger partial charge in [-0.2, -0.15) is 5.10 Å². The molecule has 0 amide bonds. The average Bonchev–Trinajstić information content (AvgIpc) is 3.54. The van der Waals surface area contributed by atoms with Crippen molar-refractivity contribution in [3.05, 3.63) is 58.3 Å². The van der Waals surface area contributed by atoms with Gasteiger partial charge in [0.2, 0.25) is 0 Å². The van der Waals surface area contributed by atoms with Crippen LogP contribution in [0.25, 0.3) is 0 Å². The van der Waals surface area contributed by atoms with Crippen molar-refractivity contribution < 1.29 is 19.1 Å². The lowest BCUT2D eigenvalue weighted by Crippen LogP contribution is -2.49. The van der Waals surface area contributed by atoms with E-state index in [1.807, 2.05) is 31.2 Å². The van der Waals surface area contributed by atoms with Crippen molar-refractivity contribution in [1.29, 1.82) is 0 Å².